The number of hydrogen-bond acceptors (Lipinski definition) is 5. The molecule has 0 radical (unpaired) electrons. The predicted molar refractivity (Wildman–Crippen MR) is 221 cm³/mol. The Morgan fingerprint density at radius 3 is 1.61 bits per heavy atom. The van der Waals surface area contributed by atoms with E-state index in [1.165, 1.54) is 16.3 Å². The highest BCUT2D eigenvalue weighted by Gasteiger charge is 2.22. The molecule has 0 unspecified atom stereocenters. The molecule has 8 aromatic carbocycles. The number of aromatic nitrogens is 3. The van der Waals surface area contributed by atoms with E-state index in [9.17, 15) is 0 Å². The van der Waals surface area contributed by atoms with Gasteiger partial charge in [0, 0.05) is 44.9 Å². The van der Waals surface area contributed by atoms with Crippen molar-refractivity contribution in [2.45, 2.75) is 0 Å². The lowest BCUT2D eigenvalue weighted by atomic mass is 10.0. The average molecular weight is 693 g/mol. The molecular formula is C49H32N4O. The second-order valence-corrected chi connectivity index (χ2v) is 13.3. The van der Waals surface area contributed by atoms with E-state index in [0.717, 1.165) is 61.3 Å². The Morgan fingerprint density at radius 2 is 0.907 bits per heavy atom. The number of para-hydroxylation sites is 2. The van der Waals surface area contributed by atoms with Crippen LogP contribution in [0.15, 0.2) is 199 Å². The minimum atomic E-state index is 0.570. The molecule has 10 aromatic rings. The van der Waals surface area contributed by atoms with Gasteiger partial charge in [-0.2, -0.15) is 0 Å². The summed E-state index contributed by atoms with van der Waals surface area (Å²) >= 11 is 0. The van der Waals surface area contributed by atoms with Crippen molar-refractivity contribution >= 4 is 49.8 Å². The molecule has 10 rings (SSSR count). The van der Waals surface area contributed by atoms with Gasteiger partial charge in [-0.05, 0) is 64.4 Å². The van der Waals surface area contributed by atoms with Crippen LogP contribution in [0.3, 0.4) is 0 Å². The number of nitrogens with zero attached hydrogens (tertiary/aromatic N) is 4. The fourth-order valence-corrected chi connectivity index (χ4v) is 7.27. The van der Waals surface area contributed by atoms with Gasteiger partial charge in [-0.3, -0.25) is 0 Å². The second-order valence-electron chi connectivity index (χ2n) is 13.3. The third-order valence-electron chi connectivity index (χ3n) is 9.88. The summed E-state index contributed by atoms with van der Waals surface area (Å²) in [6.45, 7) is 0. The maximum absolute atomic E-state index is 6.62. The van der Waals surface area contributed by atoms with Gasteiger partial charge in [0.25, 0.3) is 0 Å². The van der Waals surface area contributed by atoms with E-state index in [1.54, 1.807) is 0 Å². The lowest BCUT2D eigenvalue weighted by molar-refractivity contribution is 0.669. The Hall–Kier alpha value is -7.37. The first kappa shape index (κ1) is 31.4. The highest BCUT2D eigenvalue weighted by molar-refractivity contribution is 6.13. The summed E-state index contributed by atoms with van der Waals surface area (Å²) in [6, 6.07) is 66.9. The van der Waals surface area contributed by atoms with Crippen LogP contribution in [0.2, 0.25) is 0 Å². The van der Waals surface area contributed by atoms with Crippen LogP contribution in [0.25, 0.3) is 78.0 Å². The van der Waals surface area contributed by atoms with E-state index in [-0.39, 0.29) is 0 Å². The maximum atomic E-state index is 6.62. The molecule has 5 nitrogen and oxygen atoms in total. The van der Waals surface area contributed by atoms with Crippen LogP contribution >= 0.6 is 0 Å². The Labute approximate surface area is 312 Å². The van der Waals surface area contributed by atoms with Crippen molar-refractivity contribution in [3.8, 4) is 45.3 Å². The molecule has 2 aromatic heterocycles. The fraction of sp³-hybridized carbons (Fsp3) is 0. The molecule has 0 N–H and O–H groups in total. The molecule has 5 heteroatoms. The van der Waals surface area contributed by atoms with Crippen molar-refractivity contribution in [2.24, 2.45) is 0 Å². The van der Waals surface area contributed by atoms with Gasteiger partial charge < -0.3 is 9.32 Å². The zero-order valence-corrected chi connectivity index (χ0v) is 29.2. The van der Waals surface area contributed by atoms with Gasteiger partial charge in [0.15, 0.2) is 17.5 Å². The SMILES string of the molecule is c1ccc(-c2nc(-c3ccccc3)nc(-c3cc(N(c4ccccc4)c4ccc(-c5ccc6ccccc6c5)cc4)cc4oc5ccccc5c34)n2)cc1. The summed E-state index contributed by atoms with van der Waals surface area (Å²) in [6.07, 6.45) is 0. The van der Waals surface area contributed by atoms with Crippen molar-refractivity contribution in [3.05, 3.63) is 194 Å². The summed E-state index contributed by atoms with van der Waals surface area (Å²) in [5.41, 5.74) is 9.52. The molecule has 0 saturated carbocycles. The van der Waals surface area contributed by atoms with E-state index in [0.29, 0.717) is 17.5 Å². The minimum absolute atomic E-state index is 0.570. The molecule has 0 spiro atoms. The largest absolute Gasteiger partial charge is 0.456 e. The number of benzene rings is 8. The highest BCUT2D eigenvalue weighted by atomic mass is 16.3. The van der Waals surface area contributed by atoms with Gasteiger partial charge >= 0.3 is 0 Å². The normalized spacial score (nSPS) is 11.3. The summed E-state index contributed by atoms with van der Waals surface area (Å²) in [4.78, 5) is 17.6. The van der Waals surface area contributed by atoms with Crippen LogP contribution in [0.1, 0.15) is 0 Å². The number of rotatable bonds is 7. The number of anilines is 3. The van der Waals surface area contributed by atoms with Crippen LogP contribution in [0, 0.1) is 0 Å². The summed E-state index contributed by atoms with van der Waals surface area (Å²) in [7, 11) is 0. The molecule has 0 bridgehead atoms. The monoisotopic (exact) mass is 692 g/mol. The van der Waals surface area contributed by atoms with E-state index >= 15 is 0 Å². The molecular weight excluding hydrogens is 661 g/mol. The van der Waals surface area contributed by atoms with Crippen LogP contribution in [0.5, 0.6) is 0 Å². The molecule has 0 amide bonds. The third kappa shape index (κ3) is 5.74. The second kappa shape index (κ2) is 13.3. The zero-order chi connectivity index (χ0) is 35.8. The first-order chi connectivity index (χ1) is 26.7. The van der Waals surface area contributed by atoms with Crippen LogP contribution in [0.4, 0.5) is 17.1 Å². The molecule has 0 aliphatic rings. The van der Waals surface area contributed by atoms with Crippen LogP contribution in [-0.4, -0.2) is 15.0 Å². The summed E-state index contributed by atoms with van der Waals surface area (Å²) < 4.78 is 6.62. The topological polar surface area (TPSA) is 55.1 Å². The number of fused-ring (bicyclic) bond motifs is 4. The first-order valence-corrected chi connectivity index (χ1v) is 18.0. The van der Waals surface area contributed by atoms with Gasteiger partial charge in [0.05, 0.1) is 5.69 Å². The standard InChI is InChI=1S/C49H32N4O/c1-4-15-35(16-5-1)47-50-48(36-17-6-2-7-18-36)52-49(51-47)43-31-41(32-45-46(43)42-22-12-13-23-44(42)54-45)53(39-20-8-3-9-21-39)40-28-26-34(27-29-40)38-25-24-33-14-10-11-19-37(33)30-38/h1-32H. The van der Waals surface area contributed by atoms with Crippen molar-refractivity contribution in [2.75, 3.05) is 4.90 Å². The van der Waals surface area contributed by atoms with Crippen molar-refractivity contribution in [3.63, 3.8) is 0 Å². The van der Waals surface area contributed by atoms with E-state index in [1.807, 2.05) is 84.9 Å². The Morgan fingerprint density at radius 1 is 0.352 bits per heavy atom. The molecule has 0 aliphatic heterocycles. The summed E-state index contributed by atoms with van der Waals surface area (Å²) in [5, 5.41) is 4.41. The Kier molecular flexibility index (Phi) is 7.73. The zero-order valence-electron chi connectivity index (χ0n) is 29.2. The van der Waals surface area contributed by atoms with Crippen molar-refractivity contribution in [1.82, 2.24) is 15.0 Å². The third-order valence-corrected chi connectivity index (χ3v) is 9.88. The molecule has 54 heavy (non-hydrogen) atoms. The lowest BCUT2D eigenvalue weighted by Crippen LogP contribution is -2.10. The number of furan rings is 1. The molecule has 0 atom stereocenters. The van der Waals surface area contributed by atoms with E-state index in [4.69, 9.17) is 19.4 Å². The molecule has 254 valence electrons. The van der Waals surface area contributed by atoms with E-state index in [2.05, 4.69) is 114 Å². The molecule has 0 fully saturated rings. The predicted octanol–water partition coefficient (Wildman–Crippen LogP) is 13.1. The molecule has 0 saturated heterocycles. The van der Waals surface area contributed by atoms with Gasteiger partial charge in [0.2, 0.25) is 0 Å². The fourth-order valence-electron chi connectivity index (χ4n) is 7.27. The van der Waals surface area contributed by atoms with E-state index < -0.39 is 0 Å². The smallest absolute Gasteiger partial charge is 0.164 e. The van der Waals surface area contributed by atoms with Crippen molar-refractivity contribution < 1.29 is 4.42 Å². The quantitative estimate of drug-likeness (QED) is 0.166. The lowest BCUT2D eigenvalue weighted by Gasteiger charge is -2.26. The number of hydrogen-bond donors (Lipinski definition) is 0. The highest BCUT2D eigenvalue weighted by Crippen LogP contribution is 2.43. The Bertz CT molecular complexity index is 2870. The Balaban J connectivity index is 1.18. The molecule has 2 heterocycles. The maximum Gasteiger partial charge on any atom is 0.164 e. The first-order valence-electron chi connectivity index (χ1n) is 18.0. The minimum Gasteiger partial charge on any atom is -0.456 e. The van der Waals surface area contributed by atoms with Gasteiger partial charge in [0.1, 0.15) is 11.2 Å². The van der Waals surface area contributed by atoms with Gasteiger partial charge in [-0.15, -0.1) is 0 Å². The van der Waals surface area contributed by atoms with Crippen LogP contribution < -0.4 is 4.90 Å². The summed E-state index contributed by atoms with van der Waals surface area (Å²) in [5.74, 6) is 1.78. The van der Waals surface area contributed by atoms with Crippen molar-refractivity contribution in [1.29, 1.82) is 0 Å². The molecule has 0 aliphatic carbocycles. The van der Waals surface area contributed by atoms with Crippen LogP contribution in [-0.2, 0) is 0 Å². The van der Waals surface area contributed by atoms with Gasteiger partial charge in [-0.25, -0.2) is 15.0 Å². The average Bonchev–Trinajstić information content (AvgIpc) is 3.63. The van der Waals surface area contributed by atoms with Gasteiger partial charge in [-0.1, -0.05) is 146 Å².